The van der Waals surface area contributed by atoms with Crippen LogP contribution < -0.4 is 5.32 Å². The highest BCUT2D eigenvalue weighted by atomic mass is 15.2. The van der Waals surface area contributed by atoms with Crippen molar-refractivity contribution in [2.24, 2.45) is 5.92 Å². The predicted molar refractivity (Wildman–Crippen MR) is 75.4 cm³/mol. The van der Waals surface area contributed by atoms with Gasteiger partial charge in [-0.25, -0.2) is 0 Å². The van der Waals surface area contributed by atoms with Gasteiger partial charge < -0.3 is 5.32 Å². The lowest BCUT2D eigenvalue weighted by molar-refractivity contribution is 0.151. The SMILES string of the molecule is CCC1CNCC1N(Cc1ccccc1)C1CC1. The first-order valence-corrected chi connectivity index (χ1v) is 7.39. The van der Waals surface area contributed by atoms with Gasteiger partial charge in [-0.2, -0.15) is 0 Å². The lowest BCUT2D eigenvalue weighted by Gasteiger charge is -2.32. The second kappa shape index (κ2) is 5.41. The number of rotatable bonds is 5. The summed E-state index contributed by atoms with van der Waals surface area (Å²) in [5, 5.41) is 3.58. The standard InChI is InChI=1S/C16H24N2/c1-2-14-10-17-11-16(14)18(15-8-9-15)12-13-6-4-3-5-7-13/h3-7,14-17H,2,8-12H2,1H3. The number of nitrogens with one attached hydrogen (secondary N) is 1. The molecule has 0 bridgehead atoms. The van der Waals surface area contributed by atoms with Crippen molar-refractivity contribution in [3.8, 4) is 0 Å². The Balaban J connectivity index is 1.72. The summed E-state index contributed by atoms with van der Waals surface area (Å²) in [6.45, 7) is 5.85. The quantitative estimate of drug-likeness (QED) is 0.856. The summed E-state index contributed by atoms with van der Waals surface area (Å²) in [5.41, 5.74) is 1.46. The van der Waals surface area contributed by atoms with Crippen molar-refractivity contribution in [3.05, 3.63) is 35.9 Å². The second-order valence-electron chi connectivity index (χ2n) is 5.78. The summed E-state index contributed by atoms with van der Waals surface area (Å²) in [7, 11) is 0. The molecule has 2 nitrogen and oxygen atoms in total. The molecule has 1 aliphatic heterocycles. The first kappa shape index (κ1) is 12.2. The summed E-state index contributed by atoms with van der Waals surface area (Å²) >= 11 is 0. The Morgan fingerprint density at radius 2 is 1.94 bits per heavy atom. The zero-order valence-corrected chi connectivity index (χ0v) is 11.3. The van der Waals surface area contributed by atoms with E-state index in [1.165, 1.54) is 37.9 Å². The molecule has 98 valence electrons. The van der Waals surface area contributed by atoms with E-state index in [0.717, 1.165) is 24.5 Å². The molecule has 1 saturated heterocycles. The zero-order valence-electron chi connectivity index (χ0n) is 11.3. The Morgan fingerprint density at radius 3 is 2.61 bits per heavy atom. The van der Waals surface area contributed by atoms with Crippen LogP contribution in [0.3, 0.4) is 0 Å². The van der Waals surface area contributed by atoms with Crippen LogP contribution in [0.5, 0.6) is 0 Å². The van der Waals surface area contributed by atoms with Crippen molar-refractivity contribution >= 4 is 0 Å². The molecule has 2 aliphatic rings. The fourth-order valence-corrected chi connectivity index (χ4v) is 3.24. The van der Waals surface area contributed by atoms with Gasteiger partial charge in [0.05, 0.1) is 0 Å². The highest BCUT2D eigenvalue weighted by molar-refractivity contribution is 5.15. The molecule has 2 unspecified atom stereocenters. The van der Waals surface area contributed by atoms with Crippen LogP contribution >= 0.6 is 0 Å². The van der Waals surface area contributed by atoms with Gasteiger partial charge in [0.25, 0.3) is 0 Å². The summed E-state index contributed by atoms with van der Waals surface area (Å²) < 4.78 is 0. The number of hydrogen-bond acceptors (Lipinski definition) is 2. The maximum absolute atomic E-state index is 3.58. The van der Waals surface area contributed by atoms with Crippen LogP contribution in [0.4, 0.5) is 0 Å². The molecule has 3 rings (SSSR count). The zero-order chi connectivity index (χ0) is 12.4. The van der Waals surface area contributed by atoms with Gasteiger partial charge in [0.15, 0.2) is 0 Å². The van der Waals surface area contributed by atoms with E-state index < -0.39 is 0 Å². The van der Waals surface area contributed by atoms with Crippen LogP contribution in [-0.4, -0.2) is 30.1 Å². The lowest BCUT2D eigenvalue weighted by atomic mass is 9.98. The van der Waals surface area contributed by atoms with Gasteiger partial charge in [0.2, 0.25) is 0 Å². The molecule has 2 heteroatoms. The van der Waals surface area contributed by atoms with E-state index in [1.54, 1.807) is 0 Å². The fraction of sp³-hybridized carbons (Fsp3) is 0.625. The first-order valence-electron chi connectivity index (χ1n) is 7.39. The molecule has 0 radical (unpaired) electrons. The molecule has 0 spiro atoms. The Kier molecular flexibility index (Phi) is 3.67. The molecular formula is C16H24N2. The van der Waals surface area contributed by atoms with E-state index in [2.05, 4.69) is 47.5 Å². The van der Waals surface area contributed by atoms with Gasteiger partial charge in [-0.3, -0.25) is 4.90 Å². The van der Waals surface area contributed by atoms with Crippen LogP contribution in [0.1, 0.15) is 31.7 Å². The van der Waals surface area contributed by atoms with Crippen molar-refractivity contribution < 1.29 is 0 Å². The average Bonchev–Trinajstić information content (AvgIpc) is 3.14. The van der Waals surface area contributed by atoms with Gasteiger partial charge >= 0.3 is 0 Å². The molecule has 1 aliphatic carbocycles. The Morgan fingerprint density at radius 1 is 1.17 bits per heavy atom. The van der Waals surface area contributed by atoms with E-state index in [0.29, 0.717) is 0 Å². The molecule has 1 aromatic rings. The van der Waals surface area contributed by atoms with Crippen LogP contribution in [0.15, 0.2) is 30.3 Å². The third-order valence-electron chi connectivity index (χ3n) is 4.48. The van der Waals surface area contributed by atoms with E-state index in [1.807, 2.05) is 0 Å². The minimum atomic E-state index is 0.753. The lowest BCUT2D eigenvalue weighted by Crippen LogP contribution is -2.41. The molecule has 0 amide bonds. The van der Waals surface area contributed by atoms with Crippen molar-refractivity contribution in [2.45, 2.75) is 44.8 Å². The molecule has 1 heterocycles. The average molecular weight is 244 g/mol. The van der Waals surface area contributed by atoms with Crippen molar-refractivity contribution in [2.75, 3.05) is 13.1 Å². The third-order valence-corrected chi connectivity index (χ3v) is 4.48. The minimum absolute atomic E-state index is 0.753. The topological polar surface area (TPSA) is 15.3 Å². The Bertz CT molecular complexity index is 372. The predicted octanol–water partition coefficient (Wildman–Crippen LogP) is 2.65. The third kappa shape index (κ3) is 2.60. The molecule has 1 saturated carbocycles. The van der Waals surface area contributed by atoms with E-state index in [4.69, 9.17) is 0 Å². The maximum Gasteiger partial charge on any atom is 0.0267 e. The van der Waals surface area contributed by atoms with Crippen molar-refractivity contribution in [1.82, 2.24) is 10.2 Å². The summed E-state index contributed by atoms with van der Waals surface area (Å²) in [5.74, 6) is 0.842. The van der Waals surface area contributed by atoms with Crippen LogP contribution in [0.25, 0.3) is 0 Å². The Labute approximate surface area is 110 Å². The van der Waals surface area contributed by atoms with E-state index in [-0.39, 0.29) is 0 Å². The number of nitrogens with zero attached hydrogens (tertiary/aromatic N) is 1. The highest BCUT2D eigenvalue weighted by Crippen LogP contribution is 2.33. The van der Waals surface area contributed by atoms with Crippen LogP contribution in [0.2, 0.25) is 0 Å². The molecule has 2 atom stereocenters. The van der Waals surface area contributed by atoms with E-state index in [9.17, 15) is 0 Å². The molecule has 1 aromatic carbocycles. The molecule has 0 aromatic heterocycles. The minimum Gasteiger partial charge on any atom is -0.315 e. The van der Waals surface area contributed by atoms with Gasteiger partial charge in [-0.1, -0.05) is 43.7 Å². The summed E-state index contributed by atoms with van der Waals surface area (Å²) in [4.78, 5) is 2.77. The fourth-order valence-electron chi connectivity index (χ4n) is 3.24. The highest BCUT2D eigenvalue weighted by Gasteiger charge is 2.38. The number of hydrogen-bond donors (Lipinski definition) is 1. The smallest absolute Gasteiger partial charge is 0.0267 e. The van der Waals surface area contributed by atoms with Gasteiger partial charge in [-0.05, 0) is 30.9 Å². The number of benzene rings is 1. The van der Waals surface area contributed by atoms with Gasteiger partial charge in [0.1, 0.15) is 0 Å². The van der Waals surface area contributed by atoms with Crippen molar-refractivity contribution in [3.63, 3.8) is 0 Å². The summed E-state index contributed by atoms with van der Waals surface area (Å²) in [6, 6.07) is 12.6. The molecule has 1 N–H and O–H groups in total. The molecule has 18 heavy (non-hydrogen) atoms. The van der Waals surface area contributed by atoms with Gasteiger partial charge in [0, 0.05) is 25.2 Å². The molecular weight excluding hydrogens is 220 g/mol. The second-order valence-corrected chi connectivity index (χ2v) is 5.78. The normalized spacial score (nSPS) is 27.9. The largest absolute Gasteiger partial charge is 0.315 e. The summed E-state index contributed by atoms with van der Waals surface area (Å²) in [6.07, 6.45) is 4.11. The maximum atomic E-state index is 3.58. The van der Waals surface area contributed by atoms with Gasteiger partial charge in [-0.15, -0.1) is 0 Å². The van der Waals surface area contributed by atoms with Crippen LogP contribution in [0, 0.1) is 5.92 Å². The monoisotopic (exact) mass is 244 g/mol. The van der Waals surface area contributed by atoms with Crippen LogP contribution in [-0.2, 0) is 6.54 Å². The Hall–Kier alpha value is -0.860. The van der Waals surface area contributed by atoms with Crippen molar-refractivity contribution in [1.29, 1.82) is 0 Å². The van der Waals surface area contributed by atoms with E-state index >= 15 is 0 Å². The first-order chi connectivity index (χ1) is 8.88. The molecule has 2 fully saturated rings.